The van der Waals surface area contributed by atoms with Gasteiger partial charge in [0.15, 0.2) is 0 Å². The van der Waals surface area contributed by atoms with Crippen molar-refractivity contribution in [3.8, 4) is 12.1 Å². The number of nitriles is 2. The van der Waals surface area contributed by atoms with Crippen LogP contribution in [-0.2, 0) is 6.54 Å². The zero-order chi connectivity index (χ0) is 18.8. The quantitative estimate of drug-likeness (QED) is 0.769. The summed E-state index contributed by atoms with van der Waals surface area (Å²) in [5.41, 5.74) is 9.87. The number of rotatable bonds is 3. The van der Waals surface area contributed by atoms with Gasteiger partial charge in [-0.2, -0.15) is 10.5 Å². The summed E-state index contributed by atoms with van der Waals surface area (Å²) >= 11 is 0. The maximum atomic E-state index is 9.28. The average molecular weight is 357 g/mol. The molecular weight excluding hydrogens is 338 g/mol. The van der Waals surface area contributed by atoms with E-state index >= 15 is 0 Å². The Kier molecular flexibility index (Phi) is 4.45. The number of nitrogens with two attached hydrogens (primary N) is 1. The van der Waals surface area contributed by atoms with Gasteiger partial charge in [0, 0.05) is 25.3 Å². The predicted octanol–water partition coefficient (Wildman–Crippen LogP) is 2.15. The topological polar surface area (TPSA) is 108 Å². The summed E-state index contributed by atoms with van der Waals surface area (Å²) in [5.74, 6) is 0.849. The van der Waals surface area contributed by atoms with E-state index in [1.165, 1.54) is 0 Å². The highest BCUT2D eigenvalue weighted by Gasteiger charge is 2.23. The van der Waals surface area contributed by atoms with Gasteiger partial charge in [-0.25, -0.2) is 4.98 Å². The lowest BCUT2D eigenvalue weighted by Crippen LogP contribution is -2.44. The van der Waals surface area contributed by atoms with Gasteiger partial charge in [-0.1, -0.05) is 0 Å². The van der Waals surface area contributed by atoms with E-state index in [0.29, 0.717) is 17.7 Å². The van der Waals surface area contributed by atoms with Crippen LogP contribution in [0, 0.1) is 22.7 Å². The normalized spacial score (nSPS) is 16.9. The molecule has 2 aromatic heterocycles. The summed E-state index contributed by atoms with van der Waals surface area (Å²) < 4.78 is 2.09. The van der Waals surface area contributed by atoms with Crippen LogP contribution >= 0.6 is 0 Å². The number of aromatic nitrogens is 3. The lowest BCUT2D eigenvalue weighted by atomic mass is 10.1. The van der Waals surface area contributed by atoms with Crippen molar-refractivity contribution >= 4 is 17.0 Å². The van der Waals surface area contributed by atoms with Crippen LogP contribution in [0.1, 0.15) is 29.7 Å². The maximum Gasteiger partial charge on any atom is 0.206 e. The third-order valence-corrected chi connectivity index (χ3v) is 4.87. The van der Waals surface area contributed by atoms with E-state index in [1.807, 2.05) is 18.2 Å². The van der Waals surface area contributed by atoms with Crippen molar-refractivity contribution in [2.45, 2.75) is 25.4 Å². The molecule has 1 saturated heterocycles. The third kappa shape index (κ3) is 3.33. The Hall–Kier alpha value is -3.42. The van der Waals surface area contributed by atoms with Crippen molar-refractivity contribution in [3.05, 3.63) is 53.3 Å². The summed E-state index contributed by atoms with van der Waals surface area (Å²) in [4.78, 5) is 11.4. The van der Waals surface area contributed by atoms with Crippen LogP contribution in [0.25, 0.3) is 11.0 Å². The number of benzene rings is 1. The first kappa shape index (κ1) is 17.0. The molecule has 1 aliphatic rings. The first-order valence-electron chi connectivity index (χ1n) is 8.94. The largest absolute Gasteiger partial charge is 0.341 e. The van der Waals surface area contributed by atoms with Gasteiger partial charge in [0.1, 0.15) is 6.07 Å². The van der Waals surface area contributed by atoms with E-state index in [-0.39, 0.29) is 6.04 Å². The zero-order valence-electron chi connectivity index (χ0n) is 14.8. The highest BCUT2D eigenvalue weighted by atomic mass is 15.3. The molecule has 7 heteroatoms. The first-order valence-corrected chi connectivity index (χ1v) is 8.94. The number of pyridine rings is 1. The minimum Gasteiger partial charge on any atom is -0.341 e. The van der Waals surface area contributed by atoms with Crippen LogP contribution in [0.15, 0.2) is 36.5 Å². The Morgan fingerprint density at radius 2 is 1.96 bits per heavy atom. The summed E-state index contributed by atoms with van der Waals surface area (Å²) in [5, 5.41) is 18.2. The highest BCUT2D eigenvalue weighted by molar-refractivity contribution is 5.80. The van der Waals surface area contributed by atoms with Crippen molar-refractivity contribution in [1.82, 2.24) is 14.5 Å². The maximum absolute atomic E-state index is 9.28. The molecule has 2 N–H and O–H groups in total. The van der Waals surface area contributed by atoms with E-state index in [9.17, 15) is 5.26 Å². The Morgan fingerprint density at radius 3 is 2.67 bits per heavy atom. The fourth-order valence-corrected chi connectivity index (χ4v) is 3.51. The Labute approximate surface area is 157 Å². The number of anilines is 1. The zero-order valence-corrected chi connectivity index (χ0v) is 14.8. The molecule has 0 saturated carbocycles. The second-order valence-corrected chi connectivity index (χ2v) is 6.81. The molecule has 7 nitrogen and oxygen atoms in total. The van der Waals surface area contributed by atoms with Gasteiger partial charge in [-0.15, -0.1) is 0 Å². The van der Waals surface area contributed by atoms with Crippen molar-refractivity contribution in [3.63, 3.8) is 0 Å². The summed E-state index contributed by atoms with van der Waals surface area (Å²) in [7, 11) is 0. The standard InChI is InChI=1S/C20H19N7/c21-9-14-4-6-18-19(8-14)27(13-17-5-3-15(10-22)11-24-17)20(25-18)26-7-1-2-16(23)12-26/h3-6,8,11,16H,1-2,7,12-13,23H2/t16-/m0/s1. The molecule has 27 heavy (non-hydrogen) atoms. The van der Waals surface area contributed by atoms with E-state index in [0.717, 1.165) is 48.6 Å². The van der Waals surface area contributed by atoms with Crippen molar-refractivity contribution in [2.24, 2.45) is 5.73 Å². The minimum atomic E-state index is 0.134. The van der Waals surface area contributed by atoms with E-state index < -0.39 is 0 Å². The van der Waals surface area contributed by atoms with Gasteiger partial charge in [0.05, 0.1) is 40.5 Å². The molecule has 0 amide bonds. The van der Waals surface area contributed by atoms with Crippen LogP contribution in [-0.4, -0.2) is 33.7 Å². The van der Waals surface area contributed by atoms with Gasteiger partial charge in [0.2, 0.25) is 5.95 Å². The van der Waals surface area contributed by atoms with Gasteiger partial charge >= 0.3 is 0 Å². The van der Waals surface area contributed by atoms with Crippen LogP contribution in [0.4, 0.5) is 5.95 Å². The number of piperidine rings is 1. The highest BCUT2D eigenvalue weighted by Crippen LogP contribution is 2.26. The van der Waals surface area contributed by atoms with Crippen molar-refractivity contribution in [1.29, 1.82) is 10.5 Å². The predicted molar refractivity (Wildman–Crippen MR) is 102 cm³/mol. The second kappa shape index (κ2) is 7.06. The first-order chi connectivity index (χ1) is 13.2. The van der Waals surface area contributed by atoms with E-state index in [4.69, 9.17) is 16.0 Å². The Bertz CT molecular complexity index is 1050. The molecule has 0 radical (unpaired) electrons. The molecule has 134 valence electrons. The van der Waals surface area contributed by atoms with Crippen molar-refractivity contribution < 1.29 is 0 Å². The molecule has 1 aromatic carbocycles. The number of fused-ring (bicyclic) bond motifs is 1. The summed E-state index contributed by atoms with van der Waals surface area (Å²) in [6.07, 6.45) is 3.63. The number of hydrogen-bond acceptors (Lipinski definition) is 6. The summed E-state index contributed by atoms with van der Waals surface area (Å²) in [6.45, 7) is 2.18. The fraction of sp³-hybridized carbons (Fsp3) is 0.300. The molecule has 1 aliphatic heterocycles. The molecule has 1 atom stereocenters. The second-order valence-electron chi connectivity index (χ2n) is 6.81. The van der Waals surface area contributed by atoms with Gasteiger partial charge in [-0.3, -0.25) is 4.98 Å². The number of hydrogen-bond donors (Lipinski definition) is 1. The molecular formula is C20H19N7. The van der Waals surface area contributed by atoms with Gasteiger partial charge in [0.25, 0.3) is 0 Å². The van der Waals surface area contributed by atoms with Crippen LogP contribution in [0.3, 0.4) is 0 Å². The van der Waals surface area contributed by atoms with Crippen molar-refractivity contribution in [2.75, 3.05) is 18.0 Å². The molecule has 0 unspecified atom stereocenters. The third-order valence-electron chi connectivity index (χ3n) is 4.87. The molecule has 3 aromatic rings. The SMILES string of the molecule is N#Cc1ccc(Cn2c(N3CCC[C@H](N)C3)nc3ccc(C#N)cc32)nc1. The monoisotopic (exact) mass is 357 g/mol. The van der Waals surface area contributed by atoms with Gasteiger partial charge < -0.3 is 15.2 Å². The molecule has 0 spiro atoms. The molecule has 4 rings (SSSR count). The molecule has 1 fully saturated rings. The average Bonchev–Trinajstić information content (AvgIpc) is 3.06. The molecule has 3 heterocycles. The molecule has 0 bridgehead atoms. The van der Waals surface area contributed by atoms with Crippen LogP contribution in [0.2, 0.25) is 0 Å². The van der Waals surface area contributed by atoms with Crippen LogP contribution < -0.4 is 10.6 Å². The lowest BCUT2D eigenvalue weighted by molar-refractivity contribution is 0.495. The Balaban J connectivity index is 1.80. The number of imidazole rings is 1. The Morgan fingerprint density at radius 1 is 1.15 bits per heavy atom. The van der Waals surface area contributed by atoms with E-state index in [1.54, 1.807) is 18.3 Å². The molecule has 0 aliphatic carbocycles. The fourth-order valence-electron chi connectivity index (χ4n) is 3.51. The smallest absolute Gasteiger partial charge is 0.206 e. The minimum absolute atomic E-state index is 0.134. The van der Waals surface area contributed by atoms with Gasteiger partial charge in [-0.05, 0) is 43.2 Å². The lowest BCUT2D eigenvalue weighted by Gasteiger charge is -2.32. The van der Waals surface area contributed by atoms with E-state index in [2.05, 4.69) is 26.6 Å². The summed E-state index contributed by atoms with van der Waals surface area (Å²) in [6, 6.07) is 13.6. The number of nitrogens with zero attached hydrogens (tertiary/aromatic N) is 6. The van der Waals surface area contributed by atoms with Crippen LogP contribution in [0.5, 0.6) is 0 Å².